The van der Waals surface area contributed by atoms with E-state index in [0.29, 0.717) is 6.04 Å². The lowest BCUT2D eigenvalue weighted by molar-refractivity contribution is 0.0854. The Hall–Kier alpha value is -1.06. The van der Waals surface area contributed by atoms with Gasteiger partial charge in [0.2, 0.25) is 0 Å². The van der Waals surface area contributed by atoms with Gasteiger partial charge in [0, 0.05) is 38.0 Å². The molecule has 1 aliphatic heterocycles. The largest absolute Gasteiger partial charge is 0.381 e. The van der Waals surface area contributed by atoms with E-state index in [-0.39, 0.29) is 6.04 Å². The lowest BCUT2D eigenvalue weighted by Gasteiger charge is -2.34. The standard InChI is InChI=1S/C15H24N2O/c1-3-14(16)13-6-4-5-7-15(13)17(2)12-8-10-18-11-9-12/h4-7,12,14H,3,8-11,16H2,1-2H3/t14-/m1/s1. The number of hydrogen-bond acceptors (Lipinski definition) is 3. The van der Waals surface area contributed by atoms with Gasteiger partial charge in [-0.25, -0.2) is 0 Å². The van der Waals surface area contributed by atoms with Crippen LogP contribution in [0.2, 0.25) is 0 Å². The van der Waals surface area contributed by atoms with Gasteiger partial charge in [-0.1, -0.05) is 25.1 Å². The first-order valence-corrected chi connectivity index (χ1v) is 6.89. The Morgan fingerprint density at radius 3 is 2.67 bits per heavy atom. The predicted molar refractivity (Wildman–Crippen MR) is 75.9 cm³/mol. The van der Waals surface area contributed by atoms with Gasteiger partial charge in [0.05, 0.1) is 0 Å². The third kappa shape index (κ3) is 2.85. The summed E-state index contributed by atoms with van der Waals surface area (Å²) in [5, 5.41) is 0. The molecule has 100 valence electrons. The molecule has 1 saturated heterocycles. The molecule has 2 N–H and O–H groups in total. The van der Waals surface area contributed by atoms with Crippen LogP contribution in [0.25, 0.3) is 0 Å². The lowest BCUT2D eigenvalue weighted by atomic mass is 10.00. The number of hydrogen-bond donors (Lipinski definition) is 1. The molecule has 2 rings (SSSR count). The smallest absolute Gasteiger partial charge is 0.0485 e. The van der Waals surface area contributed by atoms with E-state index in [1.54, 1.807) is 0 Å². The molecule has 1 aromatic rings. The Bertz CT molecular complexity index is 375. The summed E-state index contributed by atoms with van der Waals surface area (Å²) < 4.78 is 5.43. The molecule has 0 spiro atoms. The molecule has 1 heterocycles. The molecule has 0 aromatic heterocycles. The van der Waals surface area contributed by atoms with Crippen molar-refractivity contribution in [1.29, 1.82) is 0 Å². The van der Waals surface area contributed by atoms with E-state index in [1.165, 1.54) is 11.3 Å². The summed E-state index contributed by atoms with van der Waals surface area (Å²) >= 11 is 0. The van der Waals surface area contributed by atoms with Gasteiger partial charge in [0.15, 0.2) is 0 Å². The minimum absolute atomic E-state index is 0.128. The van der Waals surface area contributed by atoms with E-state index in [2.05, 4.69) is 43.1 Å². The molecule has 1 atom stereocenters. The molecule has 0 aliphatic carbocycles. The molecule has 1 aromatic carbocycles. The molecule has 0 unspecified atom stereocenters. The monoisotopic (exact) mass is 248 g/mol. The molecule has 3 nitrogen and oxygen atoms in total. The Kier molecular flexibility index (Phi) is 4.61. The number of rotatable bonds is 4. The van der Waals surface area contributed by atoms with Gasteiger partial charge in [-0.2, -0.15) is 0 Å². The summed E-state index contributed by atoms with van der Waals surface area (Å²) in [6.07, 6.45) is 3.18. The Balaban J connectivity index is 2.20. The van der Waals surface area contributed by atoms with Crippen LogP contribution < -0.4 is 10.6 Å². The molecule has 0 bridgehead atoms. The zero-order valence-corrected chi connectivity index (χ0v) is 11.4. The second kappa shape index (κ2) is 6.21. The summed E-state index contributed by atoms with van der Waals surface area (Å²) in [6, 6.07) is 9.20. The van der Waals surface area contributed by atoms with Crippen LogP contribution >= 0.6 is 0 Å². The fourth-order valence-corrected chi connectivity index (χ4v) is 2.61. The van der Waals surface area contributed by atoms with Crippen molar-refractivity contribution in [3.05, 3.63) is 29.8 Å². The third-order valence-corrected chi connectivity index (χ3v) is 3.89. The van der Waals surface area contributed by atoms with Crippen molar-refractivity contribution < 1.29 is 4.74 Å². The van der Waals surface area contributed by atoms with E-state index < -0.39 is 0 Å². The minimum atomic E-state index is 0.128. The van der Waals surface area contributed by atoms with Crippen molar-refractivity contribution in [2.45, 2.75) is 38.3 Å². The molecule has 1 aliphatic rings. The van der Waals surface area contributed by atoms with Gasteiger partial charge < -0.3 is 15.4 Å². The van der Waals surface area contributed by atoms with Crippen LogP contribution in [0.3, 0.4) is 0 Å². The van der Waals surface area contributed by atoms with Crippen LogP contribution in [0.4, 0.5) is 5.69 Å². The maximum absolute atomic E-state index is 6.21. The minimum Gasteiger partial charge on any atom is -0.381 e. The highest BCUT2D eigenvalue weighted by Crippen LogP contribution is 2.29. The Labute approximate surface area is 110 Å². The first kappa shape index (κ1) is 13.4. The second-order valence-electron chi connectivity index (χ2n) is 5.03. The van der Waals surface area contributed by atoms with Crippen LogP contribution in [0.1, 0.15) is 37.8 Å². The molecule has 3 heteroatoms. The molecule has 18 heavy (non-hydrogen) atoms. The van der Waals surface area contributed by atoms with Gasteiger partial charge in [0.1, 0.15) is 0 Å². The number of nitrogens with zero attached hydrogens (tertiary/aromatic N) is 1. The van der Waals surface area contributed by atoms with Crippen LogP contribution in [-0.2, 0) is 4.74 Å². The molecular weight excluding hydrogens is 224 g/mol. The maximum Gasteiger partial charge on any atom is 0.0485 e. The summed E-state index contributed by atoms with van der Waals surface area (Å²) in [4.78, 5) is 2.38. The number of benzene rings is 1. The number of anilines is 1. The first-order valence-electron chi connectivity index (χ1n) is 6.89. The van der Waals surface area contributed by atoms with Crippen LogP contribution in [0.5, 0.6) is 0 Å². The molecular formula is C15H24N2O. The van der Waals surface area contributed by atoms with Crippen molar-refractivity contribution in [2.75, 3.05) is 25.2 Å². The van der Waals surface area contributed by atoms with Crippen molar-refractivity contribution in [2.24, 2.45) is 5.73 Å². The highest BCUT2D eigenvalue weighted by molar-refractivity contribution is 5.55. The topological polar surface area (TPSA) is 38.5 Å². The SMILES string of the molecule is CC[C@@H](N)c1ccccc1N(C)C1CCOCC1. The van der Waals surface area contributed by atoms with Crippen LogP contribution in [-0.4, -0.2) is 26.3 Å². The van der Waals surface area contributed by atoms with E-state index >= 15 is 0 Å². The van der Waals surface area contributed by atoms with Crippen molar-refractivity contribution in [3.63, 3.8) is 0 Å². The molecule has 0 saturated carbocycles. The zero-order chi connectivity index (χ0) is 13.0. The van der Waals surface area contributed by atoms with Gasteiger partial charge in [-0.3, -0.25) is 0 Å². The van der Waals surface area contributed by atoms with Crippen LogP contribution in [0, 0.1) is 0 Å². The summed E-state index contributed by atoms with van der Waals surface area (Å²) in [5.41, 5.74) is 8.75. The van der Waals surface area contributed by atoms with E-state index in [0.717, 1.165) is 32.5 Å². The average Bonchev–Trinajstić information content (AvgIpc) is 2.46. The quantitative estimate of drug-likeness (QED) is 0.890. The second-order valence-corrected chi connectivity index (χ2v) is 5.03. The van der Waals surface area contributed by atoms with Gasteiger partial charge in [-0.15, -0.1) is 0 Å². The highest BCUT2D eigenvalue weighted by atomic mass is 16.5. The Morgan fingerprint density at radius 2 is 2.00 bits per heavy atom. The van der Waals surface area contributed by atoms with E-state index in [4.69, 9.17) is 10.5 Å². The molecule has 0 amide bonds. The fraction of sp³-hybridized carbons (Fsp3) is 0.600. The number of para-hydroxylation sites is 1. The summed E-state index contributed by atoms with van der Waals surface area (Å²) in [5.74, 6) is 0. The Morgan fingerprint density at radius 1 is 1.33 bits per heavy atom. The van der Waals surface area contributed by atoms with Gasteiger partial charge >= 0.3 is 0 Å². The summed E-state index contributed by atoms with van der Waals surface area (Å²) in [6.45, 7) is 3.88. The highest BCUT2D eigenvalue weighted by Gasteiger charge is 2.21. The lowest BCUT2D eigenvalue weighted by Crippen LogP contribution is -2.37. The molecule has 1 fully saturated rings. The predicted octanol–water partition coefficient (Wildman–Crippen LogP) is 2.71. The number of nitrogens with two attached hydrogens (primary N) is 1. The van der Waals surface area contributed by atoms with Crippen LogP contribution in [0.15, 0.2) is 24.3 Å². The molecule has 0 radical (unpaired) electrons. The van der Waals surface area contributed by atoms with E-state index in [1.807, 2.05) is 0 Å². The van der Waals surface area contributed by atoms with Gasteiger partial charge in [-0.05, 0) is 30.9 Å². The van der Waals surface area contributed by atoms with E-state index in [9.17, 15) is 0 Å². The third-order valence-electron chi connectivity index (χ3n) is 3.89. The zero-order valence-electron chi connectivity index (χ0n) is 11.4. The number of ether oxygens (including phenoxy) is 1. The fourth-order valence-electron chi connectivity index (χ4n) is 2.61. The van der Waals surface area contributed by atoms with Crippen molar-refractivity contribution >= 4 is 5.69 Å². The maximum atomic E-state index is 6.21. The van der Waals surface area contributed by atoms with Crippen molar-refractivity contribution in [3.8, 4) is 0 Å². The average molecular weight is 248 g/mol. The summed E-state index contributed by atoms with van der Waals surface area (Å²) in [7, 11) is 2.18. The first-order chi connectivity index (χ1) is 8.74. The normalized spacial score (nSPS) is 18.6. The van der Waals surface area contributed by atoms with Crippen molar-refractivity contribution in [1.82, 2.24) is 0 Å². The van der Waals surface area contributed by atoms with Gasteiger partial charge in [0.25, 0.3) is 0 Å².